The Balaban J connectivity index is 1.68. The molecule has 1 aliphatic heterocycles. The number of benzene rings is 1. The molecule has 1 N–H and O–H groups in total. The van der Waals surface area contributed by atoms with Gasteiger partial charge in [0.25, 0.3) is 5.91 Å². The Bertz CT molecular complexity index is 695. The first kappa shape index (κ1) is 16.2. The van der Waals surface area contributed by atoms with Crippen molar-refractivity contribution in [2.24, 2.45) is 5.92 Å². The van der Waals surface area contributed by atoms with E-state index in [2.05, 4.69) is 10.3 Å². The molecule has 0 bridgehead atoms. The highest BCUT2D eigenvalue weighted by Crippen LogP contribution is 2.22. The van der Waals surface area contributed by atoms with Gasteiger partial charge in [-0.25, -0.2) is 4.98 Å². The number of hydrogen-bond donors (Lipinski definition) is 1. The summed E-state index contributed by atoms with van der Waals surface area (Å²) < 4.78 is 5.25. The van der Waals surface area contributed by atoms with Gasteiger partial charge in [0.2, 0.25) is 5.91 Å². The van der Waals surface area contributed by atoms with Crippen LogP contribution < -0.4 is 5.32 Å². The predicted octanol–water partition coefficient (Wildman–Crippen LogP) is 2.33. The lowest BCUT2D eigenvalue weighted by atomic mass is 9.96. The van der Waals surface area contributed by atoms with E-state index in [4.69, 9.17) is 4.42 Å². The lowest BCUT2D eigenvalue weighted by Crippen LogP contribution is -2.45. The maximum Gasteiger partial charge on any atom is 0.253 e. The molecule has 1 aliphatic rings. The summed E-state index contributed by atoms with van der Waals surface area (Å²) in [6, 6.07) is 7.27. The highest BCUT2D eigenvalue weighted by molar-refractivity contribution is 5.95. The first-order valence-corrected chi connectivity index (χ1v) is 8.25. The SMILES string of the molecule is CCNC(=O)C1CCCN(C(=O)c2ccc(-c3cnco3)cc2)C1. The third kappa shape index (κ3) is 3.48. The maximum atomic E-state index is 12.7. The van der Waals surface area contributed by atoms with Crippen LogP contribution in [0, 0.1) is 5.92 Å². The van der Waals surface area contributed by atoms with E-state index in [1.54, 1.807) is 23.2 Å². The molecule has 2 aromatic rings. The van der Waals surface area contributed by atoms with E-state index < -0.39 is 0 Å². The molecular weight excluding hydrogens is 306 g/mol. The maximum absolute atomic E-state index is 12.7. The molecule has 2 amide bonds. The molecule has 1 saturated heterocycles. The molecule has 0 aliphatic carbocycles. The van der Waals surface area contributed by atoms with E-state index in [0.717, 1.165) is 18.4 Å². The van der Waals surface area contributed by atoms with Gasteiger partial charge < -0.3 is 14.6 Å². The Morgan fingerprint density at radius 2 is 2.12 bits per heavy atom. The summed E-state index contributed by atoms with van der Waals surface area (Å²) in [5.74, 6) is 0.558. The lowest BCUT2D eigenvalue weighted by molar-refractivity contribution is -0.126. The molecule has 1 fully saturated rings. The number of hydrogen-bond acceptors (Lipinski definition) is 4. The average Bonchev–Trinajstić information content (AvgIpc) is 3.16. The second-order valence-electron chi connectivity index (χ2n) is 5.93. The van der Waals surface area contributed by atoms with Gasteiger partial charge in [-0.05, 0) is 31.9 Å². The van der Waals surface area contributed by atoms with Crippen LogP contribution >= 0.6 is 0 Å². The molecule has 6 heteroatoms. The Morgan fingerprint density at radius 3 is 2.79 bits per heavy atom. The zero-order valence-corrected chi connectivity index (χ0v) is 13.7. The van der Waals surface area contributed by atoms with E-state index in [0.29, 0.717) is 31.0 Å². The third-order valence-corrected chi connectivity index (χ3v) is 4.28. The van der Waals surface area contributed by atoms with Crippen LogP contribution in [0.5, 0.6) is 0 Å². The zero-order valence-electron chi connectivity index (χ0n) is 13.7. The van der Waals surface area contributed by atoms with Crippen LogP contribution in [0.25, 0.3) is 11.3 Å². The van der Waals surface area contributed by atoms with E-state index in [1.165, 1.54) is 6.39 Å². The van der Waals surface area contributed by atoms with Crippen molar-refractivity contribution in [2.75, 3.05) is 19.6 Å². The van der Waals surface area contributed by atoms with Crippen LogP contribution in [0.1, 0.15) is 30.1 Å². The van der Waals surface area contributed by atoms with Crippen molar-refractivity contribution in [1.82, 2.24) is 15.2 Å². The monoisotopic (exact) mass is 327 g/mol. The van der Waals surface area contributed by atoms with Crippen molar-refractivity contribution in [3.8, 4) is 11.3 Å². The number of likely N-dealkylation sites (tertiary alicyclic amines) is 1. The summed E-state index contributed by atoms with van der Waals surface area (Å²) in [4.78, 5) is 30.4. The van der Waals surface area contributed by atoms with Crippen LogP contribution in [0.4, 0.5) is 0 Å². The standard InChI is InChI=1S/C18H21N3O3/c1-2-20-17(22)15-4-3-9-21(11-15)18(23)14-7-5-13(6-8-14)16-10-19-12-24-16/h5-8,10,12,15H,2-4,9,11H2,1H3,(H,20,22). The van der Waals surface area contributed by atoms with Crippen molar-refractivity contribution in [1.29, 1.82) is 0 Å². The fraction of sp³-hybridized carbons (Fsp3) is 0.389. The van der Waals surface area contributed by atoms with Gasteiger partial charge >= 0.3 is 0 Å². The Labute approximate surface area is 140 Å². The number of aromatic nitrogens is 1. The summed E-state index contributed by atoms with van der Waals surface area (Å²) >= 11 is 0. The quantitative estimate of drug-likeness (QED) is 0.935. The van der Waals surface area contributed by atoms with Gasteiger partial charge in [-0.2, -0.15) is 0 Å². The normalized spacial score (nSPS) is 17.5. The van der Waals surface area contributed by atoms with Crippen molar-refractivity contribution in [3.63, 3.8) is 0 Å². The minimum absolute atomic E-state index is 0.0341. The van der Waals surface area contributed by atoms with Gasteiger partial charge in [-0.15, -0.1) is 0 Å². The zero-order chi connectivity index (χ0) is 16.9. The molecule has 2 heterocycles. The average molecular weight is 327 g/mol. The number of oxazole rings is 1. The van der Waals surface area contributed by atoms with Gasteiger partial charge in [-0.3, -0.25) is 9.59 Å². The summed E-state index contributed by atoms with van der Waals surface area (Å²) in [7, 11) is 0. The molecule has 1 aromatic heterocycles. The molecular formula is C18H21N3O3. The highest BCUT2D eigenvalue weighted by Gasteiger charge is 2.28. The summed E-state index contributed by atoms with van der Waals surface area (Å²) in [5, 5.41) is 2.84. The van der Waals surface area contributed by atoms with Gasteiger partial charge in [-0.1, -0.05) is 12.1 Å². The first-order valence-electron chi connectivity index (χ1n) is 8.25. The lowest BCUT2D eigenvalue weighted by Gasteiger charge is -2.32. The van der Waals surface area contributed by atoms with Gasteiger partial charge in [0.15, 0.2) is 12.2 Å². The third-order valence-electron chi connectivity index (χ3n) is 4.28. The second-order valence-corrected chi connectivity index (χ2v) is 5.93. The Kier molecular flexibility index (Phi) is 4.93. The highest BCUT2D eigenvalue weighted by atomic mass is 16.3. The summed E-state index contributed by atoms with van der Waals surface area (Å²) in [6.45, 7) is 3.69. The summed E-state index contributed by atoms with van der Waals surface area (Å²) in [5.41, 5.74) is 1.50. The number of carbonyl (C=O) groups is 2. The van der Waals surface area contributed by atoms with Crippen LogP contribution in [0.3, 0.4) is 0 Å². The van der Waals surface area contributed by atoms with Crippen molar-refractivity contribution in [2.45, 2.75) is 19.8 Å². The number of carbonyl (C=O) groups excluding carboxylic acids is 2. The minimum Gasteiger partial charge on any atom is -0.444 e. The molecule has 1 unspecified atom stereocenters. The van der Waals surface area contributed by atoms with Gasteiger partial charge in [0.1, 0.15) is 0 Å². The molecule has 24 heavy (non-hydrogen) atoms. The van der Waals surface area contributed by atoms with Crippen LogP contribution in [0.2, 0.25) is 0 Å². The molecule has 0 spiro atoms. The molecule has 1 atom stereocenters. The fourth-order valence-corrected chi connectivity index (χ4v) is 3.01. The second kappa shape index (κ2) is 7.29. The van der Waals surface area contributed by atoms with Crippen LogP contribution in [-0.2, 0) is 4.79 Å². The molecule has 126 valence electrons. The van der Waals surface area contributed by atoms with Gasteiger partial charge in [0.05, 0.1) is 12.1 Å². The van der Waals surface area contributed by atoms with Gasteiger partial charge in [0, 0.05) is 30.8 Å². The van der Waals surface area contributed by atoms with E-state index >= 15 is 0 Å². The number of nitrogens with one attached hydrogen (secondary N) is 1. The van der Waals surface area contributed by atoms with E-state index in [-0.39, 0.29) is 17.7 Å². The van der Waals surface area contributed by atoms with E-state index in [9.17, 15) is 9.59 Å². The molecule has 0 saturated carbocycles. The number of nitrogens with zero attached hydrogens (tertiary/aromatic N) is 2. The molecule has 3 rings (SSSR count). The van der Waals surface area contributed by atoms with Crippen LogP contribution in [0.15, 0.2) is 41.3 Å². The number of rotatable bonds is 4. The smallest absolute Gasteiger partial charge is 0.253 e. The first-order chi connectivity index (χ1) is 11.7. The minimum atomic E-state index is -0.115. The largest absolute Gasteiger partial charge is 0.444 e. The number of piperidine rings is 1. The van der Waals surface area contributed by atoms with Crippen molar-refractivity contribution >= 4 is 11.8 Å². The molecule has 6 nitrogen and oxygen atoms in total. The van der Waals surface area contributed by atoms with Crippen molar-refractivity contribution < 1.29 is 14.0 Å². The van der Waals surface area contributed by atoms with E-state index in [1.807, 2.05) is 19.1 Å². The molecule has 1 aromatic carbocycles. The Morgan fingerprint density at radius 1 is 1.33 bits per heavy atom. The molecule has 0 radical (unpaired) electrons. The van der Waals surface area contributed by atoms with Crippen molar-refractivity contribution in [3.05, 3.63) is 42.4 Å². The topological polar surface area (TPSA) is 75.4 Å². The Hall–Kier alpha value is -2.63. The number of amides is 2. The van der Waals surface area contributed by atoms with Crippen LogP contribution in [-0.4, -0.2) is 41.3 Å². The summed E-state index contributed by atoms with van der Waals surface area (Å²) in [6.07, 6.45) is 4.70. The fourth-order valence-electron chi connectivity index (χ4n) is 3.01. The predicted molar refractivity (Wildman–Crippen MR) is 89.3 cm³/mol.